The van der Waals surface area contributed by atoms with Gasteiger partial charge in [-0.2, -0.15) is 0 Å². The van der Waals surface area contributed by atoms with Crippen LogP contribution in [0.1, 0.15) is 6.92 Å². The third-order valence-electron chi connectivity index (χ3n) is 4.63. The molecule has 29 heavy (non-hydrogen) atoms. The van der Waals surface area contributed by atoms with E-state index >= 15 is 0 Å². The Morgan fingerprint density at radius 1 is 1.14 bits per heavy atom. The van der Waals surface area contributed by atoms with Crippen LogP contribution < -0.4 is 21.3 Å². The molecule has 1 aliphatic heterocycles. The Kier molecular flexibility index (Phi) is 5.50. The van der Waals surface area contributed by atoms with Crippen LogP contribution in [0.5, 0.6) is 11.5 Å². The molecule has 2 aromatic carbocycles. The summed E-state index contributed by atoms with van der Waals surface area (Å²) < 4.78 is 8.72. The molecule has 0 aliphatic carbocycles. The molecule has 0 bridgehead atoms. The predicted octanol–water partition coefficient (Wildman–Crippen LogP) is 2.20. The lowest BCUT2D eigenvalue weighted by Gasteiger charge is -2.24. The zero-order valence-electron chi connectivity index (χ0n) is 16.3. The van der Waals surface area contributed by atoms with Gasteiger partial charge in [-0.15, -0.1) is 12.4 Å². The van der Waals surface area contributed by atoms with Gasteiger partial charge >= 0.3 is 5.69 Å². The molecule has 1 aromatic heterocycles. The van der Waals surface area contributed by atoms with E-state index in [2.05, 4.69) is 5.32 Å². The number of fused-ring (bicyclic) bond motifs is 2. The summed E-state index contributed by atoms with van der Waals surface area (Å²) in [5, 5.41) is 3.13. The fourth-order valence-corrected chi connectivity index (χ4v) is 3.36. The van der Waals surface area contributed by atoms with Gasteiger partial charge in [0.05, 0.1) is 11.1 Å². The lowest BCUT2D eigenvalue weighted by atomic mass is 10.1. The molecular formula is C20H21ClN4O4. The first-order valence-electron chi connectivity index (χ1n) is 8.90. The molecule has 1 amide bonds. The number of nitrogens with one attached hydrogen (secondary N) is 1. The van der Waals surface area contributed by atoms with Crippen molar-refractivity contribution in [1.29, 1.82) is 0 Å². The van der Waals surface area contributed by atoms with Crippen molar-refractivity contribution in [2.45, 2.75) is 13.5 Å². The highest BCUT2D eigenvalue weighted by atomic mass is 35.5. The summed E-state index contributed by atoms with van der Waals surface area (Å²) in [4.78, 5) is 39.4. The number of carbonyl (C=O) groups excluding carboxylic acids is 1. The van der Waals surface area contributed by atoms with Gasteiger partial charge in [0, 0.05) is 31.8 Å². The summed E-state index contributed by atoms with van der Waals surface area (Å²) in [5.41, 5.74) is 0.807. The second kappa shape index (κ2) is 7.73. The van der Waals surface area contributed by atoms with Gasteiger partial charge in [-0.05, 0) is 38.4 Å². The fraction of sp³-hybridized carbons (Fsp3) is 0.250. The minimum atomic E-state index is -0.413. The Morgan fingerprint density at radius 2 is 1.90 bits per heavy atom. The molecule has 0 saturated heterocycles. The van der Waals surface area contributed by atoms with E-state index < -0.39 is 5.69 Å². The monoisotopic (exact) mass is 416 g/mol. The molecule has 9 heteroatoms. The number of amides is 1. The molecule has 0 spiro atoms. The SMILES string of the molecule is CC(=O)Nc1ccc2c(c1)Oc1cccc3c(=O)n(CCN(C)C)c(=O)n-2c13.Cl. The Bertz CT molecular complexity index is 1230. The van der Waals surface area contributed by atoms with E-state index in [4.69, 9.17) is 4.74 Å². The minimum Gasteiger partial charge on any atom is -0.453 e. The van der Waals surface area contributed by atoms with Gasteiger partial charge in [-0.25, -0.2) is 4.79 Å². The van der Waals surface area contributed by atoms with Crippen LogP contribution in [0.4, 0.5) is 5.69 Å². The number of hydrogen-bond acceptors (Lipinski definition) is 5. The third kappa shape index (κ3) is 3.52. The van der Waals surface area contributed by atoms with Crippen LogP contribution in [-0.4, -0.2) is 40.6 Å². The Hall–Kier alpha value is -3.10. The molecular weight excluding hydrogens is 396 g/mol. The van der Waals surface area contributed by atoms with E-state index in [-0.39, 0.29) is 30.4 Å². The van der Waals surface area contributed by atoms with E-state index in [1.54, 1.807) is 36.4 Å². The van der Waals surface area contributed by atoms with E-state index in [1.165, 1.54) is 16.1 Å². The summed E-state index contributed by atoms with van der Waals surface area (Å²) in [6, 6.07) is 10.2. The molecule has 152 valence electrons. The highest BCUT2D eigenvalue weighted by Crippen LogP contribution is 2.39. The number of rotatable bonds is 4. The normalized spacial score (nSPS) is 11.6. The molecule has 0 radical (unpaired) electrons. The fourth-order valence-electron chi connectivity index (χ4n) is 3.36. The predicted molar refractivity (Wildman–Crippen MR) is 114 cm³/mol. The van der Waals surface area contributed by atoms with E-state index in [9.17, 15) is 14.4 Å². The molecule has 0 fully saturated rings. The van der Waals surface area contributed by atoms with Gasteiger partial charge in [-0.3, -0.25) is 18.7 Å². The van der Waals surface area contributed by atoms with E-state index in [1.807, 2.05) is 19.0 Å². The standard InChI is InChI=1S/C20H20N4O4.ClH/c1-12(25)21-13-7-8-15-17(11-13)28-16-6-4-5-14-18(16)24(15)20(27)23(19(14)26)10-9-22(2)3;/h4-8,11H,9-10H2,1-3H3,(H,21,25);1H. The maximum atomic E-state index is 13.2. The number of halogens is 1. The molecule has 2 heterocycles. The number of likely N-dealkylation sites (N-methyl/N-ethyl adjacent to an activating group) is 1. The number of aromatic nitrogens is 2. The third-order valence-corrected chi connectivity index (χ3v) is 4.63. The van der Waals surface area contributed by atoms with Crippen LogP contribution in [-0.2, 0) is 11.3 Å². The second-order valence-corrected chi connectivity index (χ2v) is 7.00. The van der Waals surface area contributed by atoms with Gasteiger partial charge in [0.2, 0.25) is 5.91 Å². The first kappa shape index (κ1) is 20.6. The molecule has 8 nitrogen and oxygen atoms in total. The van der Waals surface area contributed by atoms with Crippen molar-refractivity contribution in [3.05, 3.63) is 57.2 Å². The molecule has 3 aromatic rings. The molecule has 0 atom stereocenters. The van der Waals surface area contributed by atoms with Crippen molar-refractivity contribution in [2.24, 2.45) is 0 Å². The molecule has 4 rings (SSSR count). The first-order valence-corrected chi connectivity index (χ1v) is 8.90. The van der Waals surface area contributed by atoms with Crippen LogP contribution >= 0.6 is 12.4 Å². The number of nitrogens with zero attached hydrogens (tertiary/aromatic N) is 3. The Balaban J connectivity index is 0.00000240. The van der Waals surface area contributed by atoms with Crippen molar-refractivity contribution < 1.29 is 9.53 Å². The zero-order chi connectivity index (χ0) is 20.0. The van der Waals surface area contributed by atoms with Crippen LogP contribution in [0.25, 0.3) is 16.6 Å². The maximum Gasteiger partial charge on any atom is 0.336 e. The van der Waals surface area contributed by atoms with Crippen LogP contribution in [0.2, 0.25) is 0 Å². The Morgan fingerprint density at radius 3 is 2.59 bits per heavy atom. The van der Waals surface area contributed by atoms with E-state index in [0.29, 0.717) is 40.3 Å². The average Bonchev–Trinajstić information content (AvgIpc) is 2.63. The highest BCUT2D eigenvalue weighted by Gasteiger charge is 2.25. The van der Waals surface area contributed by atoms with Crippen molar-refractivity contribution in [1.82, 2.24) is 14.0 Å². The number of benzene rings is 2. The summed E-state index contributed by atoms with van der Waals surface area (Å²) >= 11 is 0. The largest absolute Gasteiger partial charge is 0.453 e. The summed E-state index contributed by atoms with van der Waals surface area (Å²) in [6.45, 7) is 2.26. The van der Waals surface area contributed by atoms with Crippen LogP contribution in [0.3, 0.4) is 0 Å². The Labute approximate surface area is 172 Å². The van der Waals surface area contributed by atoms with Crippen molar-refractivity contribution in [2.75, 3.05) is 26.0 Å². The van der Waals surface area contributed by atoms with Crippen LogP contribution in [0, 0.1) is 0 Å². The van der Waals surface area contributed by atoms with Crippen molar-refractivity contribution >= 4 is 34.9 Å². The number of hydrogen-bond donors (Lipinski definition) is 1. The van der Waals surface area contributed by atoms with Gasteiger partial charge < -0.3 is 15.0 Å². The van der Waals surface area contributed by atoms with Gasteiger partial charge in [0.15, 0.2) is 11.5 Å². The summed E-state index contributed by atoms with van der Waals surface area (Å²) in [7, 11) is 3.77. The number of carbonyl (C=O) groups is 1. The number of para-hydroxylation sites is 1. The topological polar surface area (TPSA) is 85.6 Å². The van der Waals surface area contributed by atoms with Gasteiger partial charge in [-0.1, -0.05) is 6.07 Å². The number of ether oxygens (including phenoxy) is 1. The first-order chi connectivity index (χ1) is 13.4. The lowest BCUT2D eigenvalue weighted by Crippen LogP contribution is -2.42. The van der Waals surface area contributed by atoms with Gasteiger partial charge in [0.1, 0.15) is 5.52 Å². The zero-order valence-corrected chi connectivity index (χ0v) is 17.1. The average molecular weight is 417 g/mol. The highest BCUT2D eigenvalue weighted by molar-refractivity contribution is 5.91. The van der Waals surface area contributed by atoms with Gasteiger partial charge in [0.25, 0.3) is 5.56 Å². The summed E-state index contributed by atoms with van der Waals surface area (Å²) in [6.07, 6.45) is 0. The van der Waals surface area contributed by atoms with Crippen molar-refractivity contribution in [3.8, 4) is 17.2 Å². The molecule has 0 saturated carbocycles. The smallest absolute Gasteiger partial charge is 0.336 e. The summed E-state index contributed by atoms with van der Waals surface area (Å²) in [5.74, 6) is 0.665. The second-order valence-electron chi connectivity index (χ2n) is 7.00. The minimum absolute atomic E-state index is 0. The molecule has 0 unspecified atom stereocenters. The van der Waals surface area contributed by atoms with E-state index in [0.717, 1.165) is 0 Å². The molecule has 1 N–H and O–H groups in total. The lowest BCUT2D eigenvalue weighted by molar-refractivity contribution is -0.114. The maximum absolute atomic E-state index is 13.2. The quantitative estimate of drug-likeness (QED) is 0.551. The van der Waals surface area contributed by atoms with Crippen LogP contribution in [0.15, 0.2) is 46.0 Å². The number of anilines is 1. The molecule has 1 aliphatic rings. The van der Waals surface area contributed by atoms with Crippen molar-refractivity contribution in [3.63, 3.8) is 0 Å².